The summed E-state index contributed by atoms with van der Waals surface area (Å²) in [6.07, 6.45) is 0.618. The molecule has 1 rings (SSSR count). The summed E-state index contributed by atoms with van der Waals surface area (Å²) in [5, 5.41) is 0. The van der Waals surface area contributed by atoms with E-state index in [1.165, 1.54) is 26.4 Å². The fourth-order valence-electron chi connectivity index (χ4n) is 1.51. The molecule has 1 atom stereocenters. The second kappa shape index (κ2) is 6.06. The summed E-state index contributed by atoms with van der Waals surface area (Å²) in [5.41, 5.74) is 5.69. The molecule has 0 amide bonds. The van der Waals surface area contributed by atoms with Crippen LogP contribution in [0.25, 0.3) is 0 Å². The van der Waals surface area contributed by atoms with E-state index in [-0.39, 0.29) is 16.7 Å². The van der Waals surface area contributed by atoms with Crippen molar-refractivity contribution in [2.45, 2.75) is 24.3 Å². The maximum atomic E-state index is 12.1. The minimum Gasteiger partial charge on any atom is -0.493 e. The highest BCUT2D eigenvalue weighted by atomic mass is 32.2. The van der Waals surface area contributed by atoms with Crippen LogP contribution in [0.15, 0.2) is 23.1 Å². The number of benzene rings is 1. The minimum atomic E-state index is -3.39. The van der Waals surface area contributed by atoms with E-state index in [1.807, 2.05) is 6.92 Å². The highest BCUT2D eigenvalue weighted by Crippen LogP contribution is 2.29. The molecule has 0 aliphatic rings. The van der Waals surface area contributed by atoms with Gasteiger partial charge in [0.15, 0.2) is 21.3 Å². The molecule has 1 unspecified atom stereocenters. The van der Waals surface area contributed by atoms with Crippen molar-refractivity contribution in [1.29, 1.82) is 0 Å². The Kier molecular flexibility index (Phi) is 4.98. The zero-order valence-corrected chi connectivity index (χ0v) is 11.7. The lowest BCUT2D eigenvalue weighted by atomic mass is 10.3. The van der Waals surface area contributed by atoms with E-state index >= 15 is 0 Å². The normalized spacial score (nSPS) is 13.1. The van der Waals surface area contributed by atoms with Gasteiger partial charge in [0.25, 0.3) is 0 Å². The lowest BCUT2D eigenvalue weighted by Gasteiger charge is -2.12. The molecule has 0 aliphatic carbocycles. The quantitative estimate of drug-likeness (QED) is 0.843. The molecule has 0 spiro atoms. The molecule has 1 aromatic rings. The first-order valence-electron chi connectivity index (χ1n) is 5.65. The number of hydrogen-bond acceptors (Lipinski definition) is 5. The van der Waals surface area contributed by atoms with E-state index in [4.69, 9.17) is 15.2 Å². The van der Waals surface area contributed by atoms with Gasteiger partial charge in [-0.3, -0.25) is 0 Å². The second-order valence-corrected chi connectivity index (χ2v) is 6.00. The Morgan fingerprint density at radius 1 is 1.22 bits per heavy atom. The van der Waals surface area contributed by atoms with Crippen molar-refractivity contribution >= 4 is 9.84 Å². The van der Waals surface area contributed by atoms with Gasteiger partial charge in [0, 0.05) is 12.1 Å². The summed E-state index contributed by atoms with van der Waals surface area (Å²) in [6.45, 7) is 1.86. The predicted molar refractivity (Wildman–Crippen MR) is 69.9 cm³/mol. The van der Waals surface area contributed by atoms with Gasteiger partial charge in [0.1, 0.15) is 0 Å². The van der Waals surface area contributed by atoms with Gasteiger partial charge < -0.3 is 15.2 Å². The van der Waals surface area contributed by atoms with E-state index in [0.29, 0.717) is 17.9 Å². The highest BCUT2D eigenvalue weighted by Gasteiger charge is 2.19. The molecule has 0 bridgehead atoms. The molecule has 6 heteroatoms. The molecule has 0 saturated carbocycles. The first-order chi connectivity index (χ1) is 8.44. The average molecular weight is 273 g/mol. The Morgan fingerprint density at radius 2 is 1.83 bits per heavy atom. The molecule has 102 valence electrons. The maximum Gasteiger partial charge on any atom is 0.180 e. The third-order valence-corrected chi connectivity index (χ3v) is 4.51. The Labute approximate surface area is 108 Å². The monoisotopic (exact) mass is 273 g/mol. The molecule has 0 aromatic heterocycles. The van der Waals surface area contributed by atoms with Gasteiger partial charge in [-0.15, -0.1) is 0 Å². The number of ether oxygens (including phenoxy) is 2. The molecule has 18 heavy (non-hydrogen) atoms. The Hall–Kier alpha value is -1.27. The average Bonchev–Trinajstić information content (AvgIpc) is 2.37. The van der Waals surface area contributed by atoms with E-state index in [9.17, 15) is 8.42 Å². The van der Waals surface area contributed by atoms with Gasteiger partial charge in [-0.05, 0) is 18.6 Å². The van der Waals surface area contributed by atoms with Crippen LogP contribution in [0, 0.1) is 0 Å². The van der Waals surface area contributed by atoms with Gasteiger partial charge in [-0.25, -0.2) is 8.42 Å². The molecule has 1 aromatic carbocycles. The Bertz CT molecular complexity index is 499. The van der Waals surface area contributed by atoms with Crippen LogP contribution in [0.5, 0.6) is 11.5 Å². The molecule has 0 saturated heterocycles. The number of nitrogens with two attached hydrogens (primary N) is 1. The minimum absolute atomic E-state index is 0.0705. The molecule has 5 nitrogen and oxygen atoms in total. The molecular weight excluding hydrogens is 254 g/mol. The van der Waals surface area contributed by atoms with Gasteiger partial charge >= 0.3 is 0 Å². The summed E-state index contributed by atoms with van der Waals surface area (Å²) in [5.74, 6) is 0.818. The van der Waals surface area contributed by atoms with E-state index < -0.39 is 9.84 Å². The van der Waals surface area contributed by atoms with Crippen LogP contribution in [0.2, 0.25) is 0 Å². The first-order valence-corrected chi connectivity index (χ1v) is 7.30. The van der Waals surface area contributed by atoms with Crippen LogP contribution in [-0.2, 0) is 9.84 Å². The summed E-state index contributed by atoms with van der Waals surface area (Å²) in [4.78, 5) is 0.198. The summed E-state index contributed by atoms with van der Waals surface area (Å²) >= 11 is 0. The fraction of sp³-hybridized carbons (Fsp3) is 0.500. The fourth-order valence-corrected chi connectivity index (χ4v) is 3.06. The number of rotatable bonds is 6. The standard InChI is InChI=1S/C12H19NO4S/c1-4-9(13)8-18(14,15)10-5-6-11(16-2)12(7-10)17-3/h5-7,9H,4,8,13H2,1-3H3. The van der Waals surface area contributed by atoms with E-state index in [2.05, 4.69) is 0 Å². The summed E-state index contributed by atoms with van der Waals surface area (Å²) in [6, 6.07) is 4.17. The van der Waals surface area contributed by atoms with Crippen LogP contribution < -0.4 is 15.2 Å². The third kappa shape index (κ3) is 3.36. The first kappa shape index (κ1) is 14.8. The Morgan fingerprint density at radius 3 is 2.33 bits per heavy atom. The van der Waals surface area contributed by atoms with Gasteiger partial charge in [0.05, 0.1) is 24.9 Å². The third-order valence-electron chi connectivity index (χ3n) is 2.67. The zero-order chi connectivity index (χ0) is 13.8. The van der Waals surface area contributed by atoms with Crippen LogP contribution in [0.3, 0.4) is 0 Å². The van der Waals surface area contributed by atoms with Crippen molar-refractivity contribution in [3.63, 3.8) is 0 Å². The van der Waals surface area contributed by atoms with Crippen molar-refractivity contribution in [2.24, 2.45) is 5.73 Å². The lowest BCUT2D eigenvalue weighted by Crippen LogP contribution is -2.28. The molecule has 0 aliphatic heterocycles. The smallest absolute Gasteiger partial charge is 0.180 e. The van der Waals surface area contributed by atoms with Crippen molar-refractivity contribution in [3.8, 4) is 11.5 Å². The van der Waals surface area contributed by atoms with Gasteiger partial charge in [-0.1, -0.05) is 6.92 Å². The predicted octanol–water partition coefficient (Wildman–Crippen LogP) is 1.21. The van der Waals surface area contributed by atoms with Crippen molar-refractivity contribution in [3.05, 3.63) is 18.2 Å². The summed E-state index contributed by atoms with van der Waals surface area (Å²) < 4.78 is 34.3. The molecule has 2 N–H and O–H groups in total. The zero-order valence-electron chi connectivity index (χ0n) is 10.8. The van der Waals surface area contributed by atoms with Crippen LogP contribution in [0.4, 0.5) is 0 Å². The number of hydrogen-bond donors (Lipinski definition) is 1. The lowest BCUT2D eigenvalue weighted by molar-refractivity contribution is 0.354. The largest absolute Gasteiger partial charge is 0.493 e. The topological polar surface area (TPSA) is 78.6 Å². The van der Waals surface area contributed by atoms with Crippen molar-refractivity contribution < 1.29 is 17.9 Å². The summed E-state index contributed by atoms with van der Waals surface area (Å²) in [7, 11) is -0.426. The Balaban J connectivity index is 3.10. The SMILES string of the molecule is CCC(N)CS(=O)(=O)c1ccc(OC)c(OC)c1. The molecular formula is C12H19NO4S. The van der Waals surface area contributed by atoms with Gasteiger partial charge in [0.2, 0.25) is 0 Å². The van der Waals surface area contributed by atoms with E-state index in [1.54, 1.807) is 6.07 Å². The van der Waals surface area contributed by atoms with Crippen LogP contribution in [-0.4, -0.2) is 34.4 Å². The van der Waals surface area contributed by atoms with Crippen LogP contribution in [0.1, 0.15) is 13.3 Å². The molecule has 0 heterocycles. The molecule has 0 fully saturated rings. The number of sulfone groups is 1. The maximum absolute atomic E-state index is 12.1. The molecule has 0 radical (unpaired) electrons. The van der Waals surface area contributed by atoms with Crippen LogP contribution >= 0.6 is 0 Å². The highest BCUT2D eigenvalue weighted by molar-refractivity contribution is 7.91. The van der Waals surface area contributed by atoms with E-state index in [0.717, 1.165) is 0 Å². The van der Waals surface area contributed by atoms with Gasteiger partial charge in [-0.2, -0.15) is 0 Å². The number of methoxy groups -OCH3 is 2. The second-order valence-electron chi connectivity index (χ2n) is 3.97. The van der Waals surface area contributed by atoms with Crippen molar-refractivity contribution in [2.75, 3.05) is 20.0 Å². The van der Waals surface area contributed by atoms with Crippen molar-refractivity contribution in [1.82, 2.24) is 0 Å².